The molecule has 1 rings (SSSR count). The van der Waals surface area contributed by atoms with Crippen LogP contribution < -0.4 is 5.32 Å². The fourth-order valence-corrected chi connectivity index (χ4v) is 0.909. The number of hydrogen-bond acceptors (Lipinski definition) is 4. The van der Waals surface area contributed by atoms with Gasteiger partial charge in [-0.2, -0.15) is 5.26 Å². The number of rotatable bonds is 3. The molecule has 0 aromatic carbocycles. The SMILES string of the molecule is CC(C#N)CNC(=O)c1cnc(Cl)cn1. The number of halogens is 1. The Kier molecular flexibility index (Phi) is 4.01. The summed E-state index contributed by atoms with van der Waals surface area (Å²) in [4.78, 5) is 18.9. The molecular formula is C9H9ClN4O. The Hall–Kier alpha value is -1.67. The Morgan fingerprint density at radius 3 is 2.93 bits per heavy atom. The minimum atomic E-state index is -0.360. The molecule has 1 unspecified atom stereocenters. The van der Waals surface area contributed by atoms with Gasteiger partial charge in [-0.05, 0) is 6.92 Å². The quantitative estimate of drug-likeness (QED) is 0.832. The fraction of sp³-hybridized carbons (Fsp3) is 0.333. The van der Waals surface area contributed by atoms with Crippen LogP contribution in [0.2, 0.25) is 5.15 Å². The molecule has 0 saturated heterocycles. The predicted molar refractivity (Wildman–Crippen MR) is 54.2 cm³/mol. The van der Waals surface area contributed by atoms with E-state index in [9.17, 15) is 4.79 Å². The Morgan fingerprint density at radius 2 is 2.40 bits per heavy atom. The van der Waals surface area contributed by atoms with Gasteiger partial charge in [0, 0.05) is 6.54 Å². The van der Waals surface area contributed by atoms with Crippen LogP contribution in [-0.4, -0.2) is 22.4 Å². The minimum Gasteiger partial charge on any atom is -0.349 e. The zero-order valence-corrected chi connectivity index (χ0v) is 8.82. The second-order valence-electron chi connectivity index (χ2n) is 2.96. The number of aromatic nitrogens is 2. The number of amides is 1. The van der Waals surface area contributed by atoms with Crippen LogP contribution in [0.25, 0.3) is 0 Å². The molecule has 1 heterocycles. The lowest BCUT2D eigenvalue weighted by Crippen LogP contribution is -2.28. The lowest BCUT2D eigenvalue weighted by Gasteiger charge is -2.04. The molecule has 1 aromatic heterocycles. The Morgan fingerprint density at radius 1 is 1.67 bits per heavy atom. The van der Waals surface area contributed by atoms with Crippen LogP contribution in [0.5, 0.6) is 0 Å². The Bertz CT molecular complexity index is 384. The Labute approximate surface area is 92.1 Å². The first-order valence-corrected chi connectivity index (χ1v) is 4.66. The minimum absolute atomic E-state index is 0.185. The number of carbonyl (C=O) groups is 1. The molecular weight excluding hydrogens is 216 g/mol. The first-order chi connectivity index (χ1) is 7.13. The molecule has 6 heteroatoms. The van der Waals surface area contributed by atoms with E-state index in [0.717, 1.165) is 0 Å². The predicted octanol–water partition coefficient (Wildman–Crippen LogP) is 1.02. The Balaban J connectivity index is 2.55. The van der Waals surface area contributed by atoms with Crippen molar-refractivity contribution >= 4 is 17.5 Å². The largest absolute Gasteiger partial charge is 0.349 e. The molecule has 78 valence electrons. The van der Waals surface area contributed by atoms with E-state index in [-0.39, 0.29) is 22.7 Å². The molecule has 15 heavy (non-hydrogen) atoms. The second-order valence-corrected chi connectivity index (χ2v) is 3.35. The van der Waals surface area contributed by atoms with Gasteiger partial charge in [-0.3, -0.25) is 4.79 Å². The lowest BCUT2D eigenvalue weighted by molar-refractivity contribution is 0.0945. The second kappa shape index (κ2) is 5.27. The number of nitrogens with zero attached hydrogens (tertiary/aromatic N) is 3. The smallest absolute Gasteiger partial charge is 0.271 e. The standard InChI is InChI=1S/C9H9ClN4O/c1-6(2-11)3-14-9(15)7-4-13-8(10)5-12-7/h4-6H,3H2,1H3,(H,14,15). The van der Waals surface area contributed by atoms with Gasteiger partial charge in [-0.25, -0.2) is 9.97 Å². The lowest BCUT2D eigenvalue weighted by atomic mass is 10.2. The van der Waals surface area contributed by atoms with Gasteiger partial charge in [0.15, 0.2) is 0 Å². The summed E-state index contributed by atoms with van der Waals surface area (Å²) in [5.74, 6) is -0.588. The van der Waals surface area contributed by atoms with Crippen LogP contribution in [0.4, 0.5) is 0 Å². The normalized spacial score (nSPS) is 11.5. The van der Waals surface area contributed by atoms with Crippen molar-refractivity contribution in [3.63, 3.8) is 0 Å². The van der Waals surface area contributed by atoms with Gasteiger partial charge >= 0.3 is 0 Å². The summed E-state index contributed by atoms with van der Waals surface area (Å²) in [6.07, 6.45) is 2.58. The van der Waals surface area contributed by atoms with Crippen molar-refractivity contribution in [3.8, 4) is 6.07 Å². The number of nitrogens with one attached hydrogen (secondary N) is 1. The highest BCUT2D eigenvalue weighted by Crippen LogP contribution is 2.01. The molecule has 0 aliphatic carbocycles. The monoisotopic (exact) mass is 224 g/mol. The third-order valence-electron chi connectivity index (χ3n) is 1.64. The summed E-state index contributed by atoms with van der Waals surface area (Å²) in [5.41, 5.74) is 0.185. The van der Waals surface area contributed by atoms with Crippen LogP contribution in [0, 0.1) is 17.2 Å². The van der Waals surface area contributed by atoms with Crippen LogP contribution in [0.15, 0.2) is 12.4 Å². The van der Waals surface area contributed by atoms with Crippen LogP contribution >= 0.6 is 11.6 Å². The molecule has 1 amide bonds. The number of nitriles is 1. The van der Waals surface area contributed by atoms with Gasteiger partial charge in [0.1, 0.15) is 10.8 Å². The van der Waals surface area contributed by atoms with E-state index >= 15 is 0 Å². The van der Waals surface area contributed by atoms with Gasteiger partial charge in [-0.1, -0.05) is 11.6 Å². The molecule has 0 fully saturated rings. The molecule has 5 nitrogen and oxygen atoms in total. The van der Waals surface area contributed by atoms with E-state index in [1.54, 1.807) is 6.92 Å². The summed E-state index contributed by atoms with van der Waals surface area (Å²) in [7, 11) is 0. The van der Waals surface area contributed by atoms with E-state index in [0.29, 0.717) is 6.54 Å². The molecule has 0 bridgehead atoms. The molecule has 0 aliphatic heterocycles. The summed E-state index contributed by atoms with van der Waals surface area (Å²) in [6.45, 7) is 2.01. The highest BCUT2D eigenvalue weighted by atomic mass is 35.5. The average molecular weight is 225 g/mol. The molecule has 1 N–H and O–H groups in total. The van der Waals surface area contributed by atoms with Crippen molar-refractivity contribution < 1.29 is 4.79 Å². The first kappa shape index (κ1) is 11.4. The maximum absolute atomic E-state index is 11.4. The van der Waals surface area contributed by atoms with E-state index in [1.807, 2.05) is 6.07 Å². The fourth-order valence-electron chi connectivity index (χ4n) is 0.812. The first-order valence-electron chi connectivity index (χ1n) is 4.29. The van der Waals surface area contributed by atoms with Gasteiger partial charge in [0.05, 0.1) is 24.4 Å². The molecule has 1 aromatic rings. The molecule has 0 spiro atoms. The zero-order valence-electron chi connectivity index (χ0n) is 8.07. The van der Waals surface area contributed by atoms with Crippen molar-refractivity contribution in [2.75, 3.05) is 6.54 Å². The molecule has 1 atom stereocenters. The number of carbonyl (C=O) groups excluding carboxylic acids is 1. The molecule has 0 saturated carbocycles. The third kappa shape index (κ3) is 3.52. The van der Waals surface area contributed by atoms with Crippen LogP contribution in [-0.2, 0) is 0 Å². The van der Waals surface area contributed by atoms with E-state index < -0.39 is 0 Å². The van der Waals surface area contributed by atoms with Crippen molar-refractivity contribution in [1.29, 1.82) is 5.26 Å². The molecule has 0 aliphatic rings. The zero-order chi connectivity index (χ0) is 11.3. The van der Waals surface area contributed by atoms with E-state index in [2.05, 4.69) is 15.3 Å². The third-order valence-corrected chi connectivity index (χ3v) is 1.84. The van der Waals surface area contributed by atoms with E-state index in [1.165, 1.54) is 12.4 Å². The van der Waals surface area contributed by atoms with Gasteiger partial charge in [0.2, 0.25) is 0 Å². The van der Waals surface area contributed by atoms with Gasteiger partial charge in [-0.15, -0.1) is 0 Å². The maximum Gasteiger partial charge on any atom is 0.271 e. The highest BCUT2D eigenvalue weighted by molar-refractivity contribution is 6.29. The average Bonchev–Trinajstić information content (AvgIpc) is 2.26. The van der Waals surface area contributed by atoms with Crippen molar-refractivity contribution in [1.82, 2.24) is 15.3 Å². The summed E-state index contributed by atoms with van der Waals surface area (Å²) in [6, 6.07) is 2.01. The number of hydrogen-bond donors (Lipinski definition) is 1. The van der Waals surface area contributed by atoms with E-state index in [4.69, 9.17) is 16.9 Å². The summed E-state index contributed by atoms with van der Waals surface area (Å²) < 4.78 is 0. The van der Waals surface area contributed by atoms with Crippen molar-refractivity contribution in [3.05, 3.63) is 23.2 Å². The van der Waals surface area contributed by atoms with Crippen molar-refractivity contribution in [2.24, 2.45) is 5.92 Å². The van der Waals surface area contributed by atoms with Crippen LogP contribution in [0.3, 0.4) is 0 Å². The van der Waals surface area contributed by atoms with Gasteiger partial charge in [0.25, 0.3) is 5.91 Å². The topological polar surface area (TPSA) is 78.7 Å². The summed E-state index contributed by atoms with van der Waals surface area (Å²) in [5, 5.41) is 11.3. The van der Waals surface area contributed by atoms with Crippen LogP contribution in [0.1, 0.15) is 17.4 Å². The van der Waals surface area contributed by atoms with Gasteiger partial charge < -0.3 is 5.32 Å². The highest BCUT2D eigenvalue weighted by Gasteiger charge is 2.08. The van der Waals surface area contributed by atoms with Crippen molar-refractivity contribution in [2.45, 2.75) is 6.92 Å². The maximum atomic E-state index is 11.4. The molecule has 0 radical (unpaired) electrons. The summed E-state index contributed by atoms with van der Waals surface area (Å²) >= 11 is 5.52.